The highest BCUT2D eigenvalue weighted by atomic mass is 35.5. The Hall–Kier alpha value is -1.82. The van der Waals surface area contributed by atoms with Gasteiger partial charge in [0, 0.05) is 25.2 Å². The van der Waals surface area contributed by atoms with Gasteiger partial charge in [-0.05, 0) is 48.7 Å². The normalized spacial score (nSPS) is 15.8. The van der Waals surface area contributed by atoms with E-state index in [1.807, 2.05) is 12.1 Å². The summed E-state index contributed by atoms with van der Waals surface area (Å²) in [5.41, 5.74) is 6.38. The molecule has 1 amide bonds. The molecule has 0 radical (unpaired) electrons. The minimum absolute atomic E-state index is 0.0611. The third kappa shape index (κ3) is 4.67. The Morgan fingerprint density at radius 1 is 1.15 bits per heavy atom. The van der Waals surface area contributed by atoms with E-state index in [4.69, 9.17) is 33.7 Å². The minimum atomic E-state index is -0.661. The highest BCUT2D eigenvalue weighted by molar-refractivity contribution is 6.42. The number of nitrogens with two attached hydrogens (primary N) is 1. The van der Waals surface area contributed by atoms with Crippen molar-refractivity contribution in [1.82, 2.24) is 4.90 Å². The second kappa shape index (κ2) is 8.25. The molecule has 0 saturated carbocycles. The van der Waals surface area contributed by atoms with E-state index in [-0.39, 0.29) is 17.4 Å². The molecule has 2 aromatic rings. The number of hydrogen-bond donors (Lipinski definition) is 1. The maximum Gasteiger partial charge on any atom is 0.248 e. The molecular formula is C19H19Cl2FN2O2. The van der Waals surface area contributed by atoms with Crippen molar-refractivity contribution in [2.24, 2.45) is 5.73 Å². The third-order valence-electron chi connectivity index (χ3n) is 4.43. The first kappa shape index (κ1) is 19.0. The van der Waals surface area contributed by atoms with E-state index in [0.29, 0.717) is 10.0 Å². The van der Waals surface area contributed by atoms with Crippen LogP contribution in [0.3, 0.4) is 0 Å². The van der Waals surface area contributed by atoms with Gasteiger partial charge in [-0.25, -0.2) is 4.39 Å². The number of carbonyl (C=O) groups excluding carboxylic acids is 1. The van der Waals surface area contributed by atoms with Gasteiger partial charge in [-0.3, -0.25) is 9.69 Å². The Kier molecular flexibility index (Phi) is 6.01. The molecule has 2 aromatic carbocycles. The van der Waals surface area contributed by atoms with Gasteiger partial charge in [-0.15, -0.1) is 0 Å². The Balaban J connectivity index is 1.53. The van der Waals surface area contributed by atoms with E-state index in [1.54, 1.807) is 6.07 Å². The Morgan fingerprint density at radius 2 is 1.88 bits per heavy atom. The largest absolute Gasteiger partial charge is 0.487 e. The van der Waals surface area contributed by atoms with Crippen LogP contribution < -0.4 is 10.5 Å². The summed E-state index contributed by atoms with van der Waals surface area (Å²) >= 11 is 12.0. The lowest BCUT2D eigenvalue weighted by Gasteiger charge is -2.32. The molecule has 1 aliphatic rings. The van der Waals surface area contributed by atoms with Crippen LogP contribution in [0.2, 0.25) is 10.0 Å². The Morgan fingerprint density at radius 3 is 2.50 bits per heavy atom. The van der Waals surface area contributed by atoms with Crippen molar-refractivity contribution in [3.05, 3.63) is 63.4 Å². The van der Waals surface area contributed by atoms with Gasteiger partial charge in [0.25, 0.3) is 0 Å². The molecule has 2 N–H and O–H groups in total. The molecule has 26 heavy (non-hydrogen) atoms. The first-order chi connectivity index (χ1) is 12.4. The SMILES string of the molecule is NC(=O)c1ccc(OC2CCN(Cc3ccc(Cl)c(Cl)c3)CC2)c(F)c1. The second-order valence-electron chi connectivity index (χ2n) is 6.35. The van der Waals surface area contributed by atoms with Gasteiger partial charge in [-0.2, -0.15) is 0 Å². The number of amides is 1. The molecule has 1 fully saturated rings. The number of nitrogens with zero attached hydrogens (tertiary/aromatic N) is 1. The topological polar surface area (TPSA) is 55.6 Å². The lowest BCUT2D eigenvalue weighted by molar-refractivity contribution is 0.0934. The van der Waals surface area contributed by atoms with Gasteiger partial charge < -0.3 is 10.5 Å². The average molecular weight is 397 g/mol. The van der Waals surface area contributed by atoms with Gasteiger partial charge >= 0.3 is 0 Å². The van der Waals surface area contributed by atoms with Crippen LogP contribution in [0.25, 0.3) is 0 Å². The summed E-state index contributed by atoms with van der Waals surface area (Å²) in [7, 11) is 0. The van der Waals surface area contributed by atoms with Gasteiger partial charge in [0.2, 0.25) is 5.91 Å². The number of piperidine rings is 1. The van der Waals surface area contributed by atoms with E-state index >= 15 is 0 Å². The van der Waals surface area contributed by atoms with Crippen molar-refractivity contribution in [2.75, 3.05) is 13.1 Å². The molecule has 1 heterocycles. The summed E-state index contributed by atoms with van der Waals surface area (Å²) < 4.78 is 19.8. The summed E-state index contributed by atoms with van der Waals surface area (Å²) in [4.78, 5) is 13.4. The van der Waals surface area contributed by atoms with E-state index in [0.717, 1.165) is 44.1 Å². The maximum absolute atomic E-state index is 14.0. The lowest BCUT2D eigenvalue weighted by atomic mass is 10.1. The van der Waals surface area contributed by atoms with Crippen molar-refractivity contribution in [1.29, 1.82) is 0 Å². The van der Waals surface area contributed by atoms with Gasteiger partial charge in [0.1, 0.15) is 6.10 Å². The molecule has 0 unspecified atom stereocenters. The van der Waals surface area contributed by atoms with Crippen LogP contribution in [-0.4, -0.2) is 30.0 Å². The molecule has 7 heteroatoms. The van der Waals surface area contributed by atoms with E-state index in [9.17, 15) is 9.18 Å². The number of benzene rings is 2. The van der Waals surface area contributed by atoms with Crippen molar-refractivity contribution < 1.29 is 13.9 Å². The molecule has 4 nitrogen and oxygen atoms in total. The standard InChI is InChI=1S/C19H19Cl2FN2O2/c20-15-3-1-12(9-16(15)21)11-24-7-5-14(6-8-24)26-18-4-2-13(19(23)25)10-17(18)22/h1-4,9-10,14H,5-8,11H2,(H2,23,25). The summed E-state index contributed by atoms with van der Waals surface area (Å²) in [5, 5.41) is 1.10. The van der Waals surface area contributed by atoms with Crippen LogP contribution >= 0.6 is 23.2 Å². The number of likely N-dealkylation sites (tertiary alicyclic amines) is 1. The smallest absolute Gasteiger partial charge is 0.248 e. The summed E-state index contributed by atoms with van der Waals surface area (Å²) in [6.45, 7) is 2.46. The number of primary amides is 1. The molecular weight excluding hydrogens is 378 g/mol. The molecule has 138 valence electrons. The second-order valence-corrected chi connectivity index (χ2v) is 7.17. The number of carbonyl (C=O) groups is 1. The first-order valence-electron chi connectivity index (χ1n) is 8.34. The fraction of sp³-hybridized carbons (Fsp3) is 0.316. The maximum atomic E-state index is 14.0. The summed E-state index contributed by atoms with van der Waals surface area (Å²) in [5.74, 6) is -1.08. The monoisotopic (exact) mass is 396 g/mol. The van der Waals surface area contributed by atoms with Crippen molar-refractivity contribution in [2.45, 2.75) is 25.5 Å². The van der Waals surface area contributed by atoms with Gasteiger partial charge in [0.05, 0.1) is 10.0 Å². The molecule has 3 rings (SSSR count). The van der Waals surface area contributed by atoms with Gasteiger partial charge in [0.15, 0.2) is 11.6 Å². The molecule has 1 aliphatic heterocycles. The third-order valence-corrected chi connectivity index (χ3v) is 5.17. The zero-order chi connectivity index (χ0) is 18.7. The zero-order valence-electron chi connectivity index (χ0n) is 14.1. The van der Waals surface area contributed by atoms with Crippen molar-refractivity contribution >= 4 is 29.1 Å². The summed E-state index contributed by atoms with van der Waals surface area (Å²) in [6, 6.07) is 9.68. The fourth-order valence-corrected chi connectivity index (χ4v) is 3.33. The molecule has 0 spiro atoms. The predicted molar refractivity (Wildman–Crippen MR) is 100 cm³/mol. The number of rotatable bonds is 5. The van der Waals surface area contributed by atoms with E-state index < -0.39 is 11.7 Å². The molecule has 0 bridgehead atoms. The van der Waals surface area contributed by atoms with E-state index in [2.05, 4.69) is 4.90 Å². The van der Waals surface area contributed by atoms with Crippen LogP contribution in [0.4, 0.5) is 4.39 Å². The number of hydrogen-bond acceptors (Lipinski definition) is 3. The highest BCUT2D eigenvalue weighted by Crippen LogP contribution is 2.26. The van der Waals surface area contributed by atoms with Crippen LogP contribution in [0.1, 0.15) is 28.8 Å². The van der Waals surface area contributed by atoms with Crippen LogP contribution in [0, 0.1) is 5.82 Å². The van der Waals surface area contributed by atoms with Crippen molar-refractivity contribution in [3.63, 3.8) is 0 Å². The van der Waals surface area contributed by atoms with Crippen LogP contribution in [0.5, 0.6) is 5.75 Å². The number of ether oxygens (including phenoxy) is 1. The number of halogens is 3. The fourth-order valence-electron chi connectivity index (χ4n) is 3.01. The van der Waals surface area contributed by atoms with Crippen molar-refractivity contribution in [3.8, 4) is 5.75 Å². The Bertz CT molecular complexity index is 808. The van der Waals surface area contributed by atoms with E-state index in [1.165, 1.54) is 12.1 Å². The predicted octanol–water partition coefficient (Wildman–Crippen LogP) is 4.27. The molecule has 0 aromatic heterocycles. The van der Waals surface area contributed by atoms with Crippen LogP contribution in [0.15, 0.2) is 36.4 Å². The molecule has 0 aliphatic carbocycles. The zero-order valence-corrected chi connectivity index (χ0v) is 15.6. The highest BCUT2D eigenvalue weighted by Gasteiger charge is 2.22. The average Bonchev–Trinajstić information content (AvgIpc) is 2.61. The lowest BCUT2D eigenvalue weighted by Crippen LogP contribution is -2.37. The quantitative estimate of drug-likeness (QED) is 0.820. The summed E-state index contributed by atoms with van der Waals surface area (Å²) in [6.07, 6.45) is 1.52. The Labute approximate surface area is 161 Å². The molecule has 1 saturated heterocycles. The van der Waals surface area contributed by atoms with Gasteiger partial charge in [-0.1, -0.05) is 29.3 Å². The molecule has 0 atom stereocenters. The minimum Gasteiger partial charge on any atom is -0.487 e. The van der Waals surface area contributed by atoms with Crippen LogP contribution in [-0.2, 0) is 6.54 Å². The first-order valence-corrected chi connectivity index (χ1v) is 9.10.